The largest absolute Gasteiger partial charge is 0.611 e. The van der Waals surface area contributed by atoms with Crippen LogP contribution in [0.4, 0.5) is 5.69 Å². The number of nitrogens with zero attached hydrogens (tertiary/aromatic N) is 2. The first kappa shape index (κ1) is 31.7. The van der Waals surface area contributed by atoms with E-state index in [1.807, 2.05) is 18.2 Å². The number of halogens is 1. The fourth-order valence-corrected chi connectivity index (χ4v) is 5.96. The number of allylic oxidation sites excluding steroid dienone is 5. The van der Waals surface area contributed by atoms with E-state index in [0.717, 1.165) is 67.0 Å². The van der Waals surface area contributed by atoms with Crippen LogP contribution in [0.25, 0.3) is 5.57 Å². The molecule has 42 heavy (non-hydrogen) atoms. The van der Waals surface area contributed by atoms with Gasteiger partial charge in [-0.15, -0.1) is 11.6 Å². The zero-order valence-corrected chi connectivity index (χ0v) is 26.2. The third-order valence-corrected chi connectivity index (χ3v) is 9.15. The summed E-state index contributed by atoms with van der Waals surface area (Å²) < 4.78 is 20.8. The number of unbranched alkanes of at least 4 members (excludes halogenated alkanes) is 2. The average Bonchev–Trinajstić information content (AvgIpc) is 3.44. The van der Waals surface area contributed by atoms with Gasteiger partial charge in [0.1, 0.15) is 5.75 Å². The molecule has 2 unspecified atom stereocenters. The summed E-state index contributed by atoms with van der Waals surface area (Å²) in [5, 5.41) is 2.65. The van der Waals surface area contributed by atoms with Crippen LogP contribution >= 0.6 is 11.6 Å². The highest BCUT2D eigenvalue weighted by atomic mass is 35.5. The number of ether oxygens (including phenoxy) is 1. The molecule has 0 aliphatic heterocycles. The minimum absolute atomic E-state index is 0.105. The second-order valence-corrected chi connectivity index (χ2v) is 12.4. The number of aryl methyl sites for hydroxylation is 1. The molecule has 1 aliphatic carbocycles. The minimum Gasteiger partial charge on any atom is -0.611 e. The Morgan fingerprint density at radius 1 is 1.12 bits per heavy atom. The lowest BCUT2D eigenvalue weighted by molar-refractivity contribution is -0.111. The van der Waals surface area contributed by atoms with Crippen molar-refractivity contribution in [2.75, 3.05) is 11.9 Å². The highest BCUT2D eigenvalue weighted by Crippen LogP contribution is 2.33. The Labute approximate surface area is 257 Å². The van der Waals surface area contributed by atoms with Gasteiger partial charge in [0.05, 0.1) is 30.2 Å². The lowest BCUT2D eigenvalue weighted by Gasteiger charge is -2.23. The zero-order valence-electron chi connectivity index (χ0n) is 24.6. The predicted molar refractivity (Wildman–Crippen MR) is 173 cm³/mol. The van der Waals surface area contributed by atoms with E-state index in [0.29, 0.717) is 16.3 Å². The number of alkyl halides is 1. The van der Waals surface area contributed by atoms with Crippen LogP contribution in [-0.2, 0) is 28.3 Å². The van der Waals surface area contributed by atoms with Gasteiger partial charge in [-0.25, -0.2) is 4.98 Å². The van der Waals surface area contributed by atoms with Crippen LogP contribution in [-0.4, -0.2) is 32.0 Å². The molecular formula is C34H40ClN3O3S. The first-order chi connectivity index (χ1) is 20.4. The van der Waals surface area contributed by atoms with Crippen molar-refractivity contribution in [1.82, 2.24) is 9.55 Å². The molecule has 1 aromatic heterocycles. The SMILES string of the molecule is CCCCOc1ccc(C2=CC(C)C(Cl)C(/C=C/C(=O)Nc3ccc([S@@+]([O-])Cc4cncn4CCCC)cc3)=C2)cc1. The molecule has 2 aromatic carbocycles. The molecular weight excluding hydrogens is 566 g/mol. The van der Waals surface area contributed by atoms with Crippen LogP contribution in [0.1, 0.15) is 57.7 Å². The van der Waals surface area contributed by atoms with Gasteiger partial charge < -0.3 is 19.2 Å². The van der Waals surface area contributed by atoms with Gasteiger partial charge in [0.15, 0.2) is 10.6 Å². The van der Waals surface area contributed by atoms with E-state index >= 15 is 0 Å². The summed E-state index contributed by atoms with van der Waals surface area (Å²) in [6.07, 6.45) is 15.3. The van der Waals surface area contributed by atoms with Gasteiger partial charge in [-0.05, 0) is 89.1 Å². The summed E-state index contributed by atoms with van der Waals surface area (Å²) in [6.45, 7) is 7.96. The van der Waals surface area contributed by atoms with E-state index in [1.54, 1.807) is 42.9 Å². The Bertz CT molecular complexity index is 1400. The van der Waals surface area contributed by atoms with Crippen molar-refractivity contribution in [3.05, 3.63) is 102 Å². The number of aromatic nitrogens is 2. The number of amides is 1. The van der Waals surface area contributed by atoms with Gasteiger partial charge in [-0.2, -0.15) is 0 Å². The quantitative estimate of drug-likeness (QED) is 0.0875. The number of carbonyl (C=O) groups excluding carboxylic acids is 1. The summed E-state index contributed by atoms with van der Waals surface area (Å²) in [5.74, 6) is 1.11. The second-order valence-electron chi connectivity index (χ2n) is 10.5. The number of hydrogen-bond donors (Lipinski definition) is 1. The molecule has 0 saturated carbocycles. The number of nitrogens with one attached hydrogen (secondary N) is 1. The van der Waals surface area contributed by atoms with Crippen molar-refractivity contribution in [2.45, 2.75) is 69.0 Å². The summed E-state index contributed by atoms with van der Waals surface area (Å²) in [6, 6.07) is 15.2. The molecule has 4 rings (SSSR count). The minimum atomic E-state index is -1.21. The third-order valence-electron chi connectivity index (χ3n) is 7.14. The third kappa shape index (κ3) is 8.87. The molecule has 3 aromatic rings. The summed E-state index contributed by atoms with van der Waals surface area (Å²) in [5.41, 5.74) is 4.61. The van der Waals surface area contributed by atoms with Crippen LogP contribution in [0.2, 0.25) is 0 Å². The van der Waals surface area contributed by atoms with Crippen molar-refractivity contribution < 1.29 is 14.1 Å². The Morgan fingerprint density at radius 2 is 1.86 bits per heavy atom. The molecule has 1 amide bonds. The van der Waals surface area contributed by atoms with Crippen LogP contribution in [0.15, 0.2) is 95.8 Å². The van der Waals surface area contributed by atoms with Crippen molar-refractivity contribution in [3.8, 4) is 5.75 Å². The number of anilines is 1. The van der Waals surface area contributed by atoms with E-state index in [-0.39, 0.29) is 17.2 Å². The van der Waals surface area contributed by atoms with Gasteiger partial charge in [-0.1, -0.05) is 57.9 Å². The molecule has 0 bridgehead atoms. The average molecular weight is 606 g/mol. The molecule has 1 aliphatic rings. The number of hydrogen-bond acceptors (Lipinski definition) is 4. The molecule has 3 atom stereocenters. The fraction of sp³-hybridized carbons (Fsp3) is 0.353. The highest BCUT2D eigenvalue weighted by molar-refractivity contribution is 7.90. The first-order valence-corrected chi connectivity index (χ1v) is 16.4. The van der Waals surface area contributed by atoms with E-state index < -0.39 is 11.2 Å². The van der Waals surface area contributed by atoms with Crippen LogP contribution in [0, 0.1) is 5.92 Å². The topological polar surface area (TPSA) is 79.2 Å². The Kier molecular flexibility index (Phi) is 11.9. The fourth-order valence-electron chi connectivity index (χ4n) is 4.64. The van der Waals surface area contributed by atoms with E-state index in [9.17, 15) is 9.35 Å². The monoisotopic (exact) mass is 605 g/mol. The van der Waals surface area contributed by atoms with E-state index in [4.69, 9.17) is 16.3 Å². The molecule has 8 heteroatoms. The van der Waals surface area contributed by atoms with E-state index in [2.05, 4.69) is 53.8 Å². The Balaban J connectivity index is 1.35. The summed E-state index contributed by atoms with van der Waals surface area (Å²) in [4.78, 5) is 17.7. The standard InChI is InChI=1S/C34H40ClN3O3S/c1-4-6-18-38-24-36-22-30(38)23-42(40)32-15-11-29(12-16-32)37-33(39)17-10-27-21-28(20-25(3)34(27)35)26-8-13-31(14-9-26)41-19-7-5-2/h8-17,20-22,24-25,34H,4-7,18-19,23H2,1-3H3,(H,37,39)/b17-10+/t25?,34?,42-/m0/s1. The smallest absolute Gasteiger partial charge is 0.248 e. The van der Waals surface area contributed by atoms with Crippen molar-refractivity contribution in [1.29, 1.82) is 0 Å². The maximum absolute atomic E-state index is 12.9. The molecule has 0 fully saturated rings. The molecule has 6 nitrogen and oxygen atoms in total. The normalized spacial score (nSPS) is 17.5. The number of benzene rings is 2. The molecule has 1 heterocycles. The molecule has 0 saturated heterocycles. The van der Waals surface area contributed by atoms with Crippen molar-refractivity contribution in [2.24, 2.45) is 5.92 Å². The molecule has 0 radical (unpaired) electrons. The molecule has 0 spiro atoms. The van der Waals surface area contributed by atoms with Gasteiger partial charge >= 0.3 is 0 Å². The van der Waals surface area contributed by atoms with Gasteiger partial charge in [0, 0.05) is 18.3 Å². The van der Waals surface area contributed by atoms with Crippen LogP contribution < -0.4 is 10.1 Å². The van der Waals surface area contributed by atoms with Gasteiger partial charge in [-0.3, -0.25) is 4.79 Å². The van der Waals surface area contributed by atoms with Crippen LogP contribution in [0.5, 0.6) is 5.75 Å². The highest BCUT2D eigenvalue weighted by Gasteiger charge is 2.22. The molecule has 1 N–H and O–H groups in total. The predicted octanol–water partition coefficient (Wildman–Crippen LogP) is 7.93. The van der Waals surface area contributed by atoms with Crippen molar-refractivity contribution >= 4 is 39.9 Å². The van der Waals surface area contributed by atoms with Crippen molar-refractivity contribution in [3.63, 3.8) is 0 Å². The van der Waals surface area contributed by atoms with Gasteiger partial charge in [0.2, 0.25) is 5.91 Å². The number of rotatable bonds is 14. The number of carbonyl (C=O) groups is 1. The lowest BCUT2D eigenvalue weighted by atomic mass is 9.88. The molecule has 222 valence electrons. The zero-order chi connectivity index (χ0) is 29.9. The number of imidazole rings is 1. The first-order valence-electron chi connectivity index (χ1n) is 14.6. The maximum Gasteiger partial charge on any atom is 0.248 e. The second kappa shape index (κ2) is 15.8. The van der Waals surface area contributed by atoms with E-state index in [1.165, 1.54) is 6.08 Å². The Morgan fingerprint density at radius 3 is 2.57 bits per heavy atom. The maximum atomic E-state index is 12.9. The summed E-state index contributed by atoms with van der Waals surface area (Å²) >= 11 is 5.50. The lowest BCUT2D eigenvalue weighted by Crippen LogP contribution is -2.16. The van der Waals surface area contributed by atoms with Crippen LogP contribution in [0.3, 0.4) is 0 Å². The summed E-state index contributed by atoms with van der Waals surface area (Å²) in [7, 11) is 0. The Hall–Kier alpha value is -3.26. The van der Waals surface area contributed by atoms with Gasteiger partial charge in [0.25, 0.3) is 0 Å².